The predicted octanol–water partition coefficient (Wildman–Crippen LogP) is 1.75. The van der Waals surface area contributed by atoms with Crippen molar-refractivity contribution >= 4 is 17.7 Å². The average Bonchev–Trinajstić information content (AvgIpc) is 1.99. The van der Waals surface area contributed by atoms with Gasteiger partial charge < -0.3 is 10.1 Å². The zero-order valence-electron chi connectivity index (χ0n) is 6.73. The maximum absolute atomic E-state index is 10.6. The minimum atomic E-state index is -0.345. The van der Waals surface area contributed by atoms with Gasteiger partial charge in [-0.05, 0) is 19.8 Å². The number of carbonyl (C=O) groups excluding carboxylic acids is 1. The third-order valence-electron chi connectivity index (χ3n) is 1.11. The van der Waals surface area contributed by atoms with Gasteiger partial charge in [0.2, 0.25) is 0 Å². The van der Waals surface area contributed by atoms with E-state index in [9.17, 15) is 4.79 Å². The topological polar surface area (TPSA) is 38.3 Å². The molecule has 0 aromatic rings. The molecule has 0 saturated carbocycles. The fourth-order valence-electron chi connectivity index (χ4n) is 0.592. The molecule has 1 N–H and O–H groups in total. The smallest absolute Gasteiger partial charge is 0.407 e. The standard InChI is InChI=1S/C7H14ClNO2/c1-2-11-7(10)9-6-4-3-5-8/h2-6H2,1H3,(H,9,10). The first kappa shape index (κ1) is 10.6. The first-order valence-corrected chi connectivity index (χ1v) is 4.31. The van der Waals surface area contributed by atoms with E-state index in [1.54, 1.807) is 6.92 Å². The minimum Gasteiger partial charge on any atom is -0.450 e. The molecule has 0 atom stereocenters. The van der Waals surface area contributed by atoms with Crippen LogP contribution in [0.4, 0.5) is 4.79 Å². The summed E-state index contributed by atoms with van der Waals surface area (Å²) < 4.78 is 4.64. The van der Waals surface area contributed by atoms with Gasteiger partial charge in [0.1, 0.15) is 0 Å². The first-order valence-electron chi connectivity index (χ1n) is 3.77. The monoisotopic (exact) mass is 179 g/mol. The van der Waals surface area contributed by atoms with E-state index < -0.39 is 0 Å². The second-order valence-electron chi connectivity index (χ2n) is 2.04. The van der Waals surface area contributed by atoms with E-state index in [-0.39, 0.29) is 6.09 Å². The second-order valence-corrected chi connectivity index (χ2v) is 2.42. The van der Waals surface area contributed by atoms with Crippen LogP contribution >= 0.6 is 11.6 Å². The summed E-state index contributed by atoms with van der Waals surface area (Å²) in [6.07, 6.45) is 1.48. The van der Waals surface area contributed by atoms with Crippen LogP contribution in [0.1, 0.15) is 19.8 Å². The molecule has 11 heavy (non-hydrogen) atoms. The molecule has 0 aliphatic rings. The van der Waals surface area contributed by atoms with Crippen molar-refractivity contribution in [1.82, 2.24) is 5.32 Å². The Labute approximate surface area is 72.1 Å². The molecular weight excluding hydrogens is 166 g/mol. The SMILES string of the molecule is CCOC(=O)NCCCCCl. The molecule has 0 saturated heterocycles. The van der Waals surface area contributed by atoms with Crippen molar-refractivity contribution in [2.75, 3.05) is 19.0 Å². The molecule has 0 rings (SSSR count). The first-order chi connectivity index (χ1) is 5.31. The summed E-state index contributed by atoms with van der Waals surface area (Å²) in [5, 5.41) is 2.60. The van der Waals surface area contributed by atoms with E-state index in [2.05, 4.69) is 10.1 Å². The Morgan fingerprint density at radius 2 is 2.27 bits per heavy atom. The van der Waals surface area contributed by atoms with Crippen molar-refractivity contribution in [2.24, 2.45) is 0 Å². The van der Waals surface area contributed by atoms with Gasteiger partial charge in [0.05, 0.1) is 6.61 Å². The Balaban J connectivity index is 3.04. The molecule has 0 aliphatic heterocycles. The van der Waals surface area contributed by atoms with Crippen LogP contribution in [0, 0.1) is 0 Å². The zero-order valence-corrected chi connectivity index (χ0v) is 7.49. The van der Waals surface area contributed by atoms with Crippen molar-refractivity contribution in [2.45, 2.75) is 19.8 Å². The highest BCUT2D eigenvalue weighted by Crippen LogP contribution is 1.89. The largest absolute Gasteiger partial charge is 0.450 e. The van der Waals surface area contributed by atoms with Crippen molar-refractivity contribution in [3.05, 3.63) is 0 Å². The summed E-state index contributed by atoms with van der Waals surface area (Å²) in [5.41, 5.74) is 0. The molecule has 0 aromatic heterocycles. The van der Waals surface area contributed by atoms with Crippen LogP contribution in [0.3, 0.4) is 0 Å². The Hall–Kier alpha value is -0.440. The van der Waals surface area contributed by atoms with Crippen LogP contribution in [-0.2, 0) is 4.74 Å². The number of hydrogen-bond acceptors (Lipinski definition) is 2. The van der Waals surface area contributed by atoms with Crippen LogP contribution < -0.4 is 5.32 Å². The van der Waals surface area contributed by atoms with Gasteiger partial charge in [-0.2, -0.15) is 0 Å². The molecule has 0 heterocycles. The summed E-state index contributed by atoms with van der Waals surface area (Å²) in [6.45, 7) is 2.84. The molecule has 0 aromatic carbocycles. The van der Waals surface area contributed by atoms with Crippen molar-refractivity contribution < 1.29 is 9.53 Å². The van der Waals surface area contributed by atoms with E-state index in [1.165, 1.54) is 0 Å². The number of hydrogen-bond donors (Lipinski definition) is 1. The molecule has 3 nitrogen and oxygen atoms in total. The molecule has 4 heteroatoms. The number of alkyl halides is 1. The Morgan fingerprint density at radius 3 is 2.82 bits per heavy atom. The van der Waals surface area contributed by atoms with Gasteiger partial charge in [0.15, 0.2) is 0 Å². The van der Waals surface area contributed by atoms with Crippen molar-refractivity contribution in [1.29, 1.82) is 0 Å². The molecular formula is C7H14ClNO2. The summed E-state index contributed by atoms with van der Waals surface area (Å²) in [4.78, 5) is 10.6. The van der Waals surface area contributed by atoms with E-state index in [1.807, 2.05) is 0 Å². The number of alkyl carbamates (subject to hydrolysis) is 1. The van der Waals surface area contributed by atoms with Gasteiger partial charge in [-0.25, -0.2) is 4.79 Å². The van der Waals surface area contributed by atoms with Crippen LogP contribution in [0.2, 0.25) is 0 Å². The molecule has 0 aliphatic carbocycles. The zero-order chi connectivity index (χ0) is 8.53. The summed E-state index contributed by atoms with van der Waals surface area (Å²) in [5.74, 6) is 0.643. The maximum atomic E-state index is 10.6. The number of unbranched alkanes of at least 4 members (excludes halogenated alkanes) is 1. The third kappa shape index (κ3) is 7.46. The lowest BCUT2D eigenvalue weighted by atomic mass is 10.3. The lowest BCUT2D eigenvalue weighted by molar-refractivity contribution is 0.152. The lowest BCUT2D eigenvalue weighted by Gasteiger charge is -2.03. The van der Waals surface area contributed by atoms with Gasteiger partial charge in [0.25, 0.3) is 0 Å². The average molecular weight is 180 g/mol. The predicted molar refractivity (Wildman–Crippen MR) is 45.0 cm³/mol. The number of carbonyl (C=O) groups is 1. The van der Waals surface area contributed by atoms with Crippen LogP contribution in [0.5, 0.6) is 0 Å². The molecule has 1 amide bonds. The normalized spacial score (nSPS) is 9.27. The van der Waals surface area contributed by atoms with Crippen LogP contribution in [0.25, 0.3) is 0 Å². The van der Waals surface area contributed by atoms with E-state index in [4.69, 9.17) is 11.6 Å². The van der Waals surface area contributed by atoms with Crippen LogP contribution in [0.15, 0.2) is 0 Å². The quantitative estimate of drug-likeness (QED) is 0.516. The van der Waals surface area contributed by atoms with E-state index in [0.29, 0.717) is 19.0 Å². The number of ether oxygens (including phenoxy) is 1. The summed E-state index contributed by atoms with van der Waals surface area (Å²) in [7, 11) is 0. The Morgan fingerprint density at radius 1 is 1.55 bits per heavy atom. The molecule has 0 spiro atoms. The highest BCUT2D eigenvalue weighted by atomic mass is 35.5. The van der Waals surface area contributed by atoms with Gasteiger partial charge >= 0.3 is 6.09 Å². The van der Waals surface area contributed by atoms with Crippen molar-refractivity contribution in [3.8, 4) is 0 Å². The fraction of sp³-hybridized carbons (Fsp3) is 0.857. The number of nitrogens with one attached hydrogen (secondary N) is 1. The highest BCUT2D eigenvalue weighted by Gasteiger charge is 1.96. The summed E-state index contributed by atoms with van der Waals surface area (Å²) in [6, 6.07) is 0. The van der Waals surface area contributed by atoms with E-state index >= 15 is 0 Å². The Kier molecular flexibility index (Phi) is 7.36. The minimum absolute atomic E-state index is 0.345. The fourth-order valence-corrected chi connectivity index (χ4v) is 0.781. The molecule has 66 valence electrons. The Bertz CT molecular complexity index is 109. The molecule has 0 fully saturated rings. The molecule has 0 bridgehead atoms. The maximum Gasteiger partial charge on any atom is 0.407 e. The number of amides is 1. The third-order valence-corrected chi connectivity index (χ3v) is 1.37. The summed E-state index contributed by atoms with van der Waals surface area (Å²) >= 11 is 5.43. The lowest BCUT2D eigenvalue weighted by Crippen LogP contribution is -2.25. The van der Waals surface area contributed by atoms with Crippen molar-refractivity contribution in [3.63, 3.8) is 0 Å². The van der Waals surface area contributed by atoms with E-state index in [0.717, 1.165) is 12.8 Å². The van der Waals surface area contributed by atoms with Gasteiger partial charge in [-0.15, -0.1) is 11.6 Å². The van der Waals surface area contributed by atoms with Crippen LogP contribution in [-0.4, -0.2) is 25.1 Å². The van der Waals surface area contributed by atoms with Gasteiger partial charge in [0, 0.05) is 12.4 Å². The highest BCUT2D eigenvalue weighted by molar-refractivity contribution is 6.17. The molecule has 0 radical (unpaired) electrons. The second kappa shape index (κ2) is 7.66. The van der Waals surface area contributed by atoms with Gasteiger partial charge in [-0.1, -0.05) is 0 Å². The number of rotatable bonds is 5. The molecule has 0 unspecified atom stereocenters. The number of halogens is 1. The van der Waals surface area contributed by atoms with Gasteiger partial charge in [-0.3, -0.25) is 0 Å².